The van der Waals surface area contributed by atoms with Gasteiger partial charge in [-0.15, -0.1) is 0 Å². The van der Waals surface area contributed by atoms with Gasteiger partial charge >= 0.3 is 7.60 Å². The zero-order chi connectivity index (χ0) is 19.3. The molecule has 6 nitrogen and oxygen atoms in total. The molecule has 0 spiro atoms. The van der Waals surface area contributed by atoms with Gasteiger partial charge in [0.2, 0.25) is 17.8 Å². The molecule has 2 aliphatic heterocycles. The first kappa shape index (κ1) is 19.4. The van der Waals surface area contributed by atoms with Crippen LogP contribution in [0.5, 0.6) is 0 Å². The lowest BCUT2D eigenvalue weighted by Crippen LogP contribution is -2.51. The van der Waals surface area contributed by atoms with Gasteiger partial charge in [0.15, 0.2) is 0 Å². The molecular weight excluding hydrogens is 365 g/mol. The van der Waals surface area contributed by atoms with Gasteiger partial charge in [-0.05, 0) is 49.7 Å². The maximum absolute atomic E-state index is 14.3. The van der Waals surface area contributed by atoms with Crippen LogP contribution in [0.4, 0.5) is 8.78 Å². The first-order chi connectivity index (χ1) is 12.1. The van der Waals surface area contributed by atoms with Crippen LogP contribution in [-0.2, 0) is 9.36 Å². The van der Waals surface area contributed by atoms with Crippen molar-refractivity contribution in [3.63, 3.8) is 0 Å². The number of hydrogen-bond acceptors (Lipinski definition) is 3. The van der Waals surface area contributed by atoms with E-state index in [0.29, 0.717) is 12.8 Å². The van der Waals surface area contributed by atoms with Crippen LogP contribution in [0.1, 0.15) is 57.6 Å². The molecule has 0 saturated carbocycles. The molecule has 0 bridgehead atoms. The van der Waals surface area contributed by atoms with Crippen LogP contribution in [0.2, 0.25) is 0 Å². The van der Waals surface area contributed by atoms with Gasteiger partial charge in [-0.3, -0.25) is 9.36 Å². The van der Waals surface area contributed by atoms with Crippen molar-refractivity contribution in [3.05, 3.63) is 29.6 Å². The van der Waals surface area contributed by atoms with Crippen molar-refractivity contribution in [1.82, 2.24) is 9.88 Å². The van der Waals surface area contributed by atoms with Crippen LogP contribution in [0.15, 0.2) is 12.1 Å². The zero-order valence-electron chi connectivity index (χ0n) is 14.7. The Labute approximate surface area is 150 Å². The molecule has 0 aliphatic carbocycles. The minimum atomic E-state index is -4.60. The molecule has 1 aromatic heterocycles. The second-order valence-corrected chi connectivity index (χ2v) is 9.05. The molecule has 9 heteroatoms. The van der Waals surface area contributed by atoms with Crippen LogP contribution in [0.3, 0.4) is 0 Å². The molecule has 26 heavy (non-hydrogen) atoms. The Morgan fingerprint density at radius 2 is 1.92 bits per heavy atom. The maximum atomic E-state index is 14.3. The lowest BCUT2D eigenvalue weighted by Gasteiger charge is -2.43. The highest BCUT2D eigenvalue weighted by molar-refractivity contribution is 7.53. The van der Waals surface area contributed by atoms with Crippen LogP contribution in [-0.4, -0.2) is 37.3 Å². The number of carbonyl (C=O) groups excluding carboxylic acids is 1. The van der Waals surface area contributed by atoms with Crippen molar-refractivity contribution in [2.45, 2.75) is 63.7 Å². The fraction of sp³-hybridized carbons (Fsp3) is 0.647. The third kappa shape index (κ3) is 2.98. The van der Waals surface area contributed by atoms with Crippen molar-refractivity contribution in [3.8, 4) is 0 Å². The monoisotopic (exact) mass is 388 g/mol. The summed E-state index contributed by atoms with van der Waals surface area (Å²) >= 11 is 0. The Bertz CT molecular complexity index is 765. The molecule has 2 saturated heterocycles. The standard InChI is InChI=1S/C17H23F2N2O4P/c1-3-17(4-2)9-11(10-5-8-14(18)20-15(10)19)21-13(17)7-6-12(16(21)22)26(23,24)25/h5,8,11-13H,3-4,6-7,9H2,1-2H3,(H2,23,24,25)/t11-,12?,13+/m0/s1. The number of pyridine rings is 1. The molecule has 0 aromatic carbocycles. The summed E-state index contributed by atoms with van der Waals surface area (Å²) in [7, 11) is -4.60. The van der Waals surface area contributed by atoms with Crippen LogP contribution in [0, 0.1) is 17.3 Å². The largest absolute Gasteiger partial charge is 0.337 e. The number of piperidine rings is 1. The maximum Gasteiger partial charge on any atom is 0.337 e. The smallest absolute Gasteiger partial charge is 0.331 e. The second-order valence-electron chi connectivity index (χ2n) is 7.25. The van der Waals surface area contributed by atoms with Crippen LogP contribution >= 0.6 is 7.60 Å². The van der Waals surface area contributed by atoms with E-state index < -0.39 is 37.1 Å². The van der Waals surface area contributed by atoms with E-state index >= 15 is 0 Å². The number of aromatic nitrogens is 1. The third-order valence-corrected chi connectivity index (χ3v) is 7.54. The number of hydrogen-bond donors (Lipinski definition) is 2. The molecular formula is C17H23F2N2O4P. The van der Waals surface area contributed by atoms with Crippen LogP contribution < -0.4 is 0 Å². The summed E-state index contributed by atoms with van der Waals surface area (Å²) in [4.78, 5) is 36.7. The minimum Gasteiger partial charge on any atom is -0.331 e. The average molecular weight is 388 g/mol. The Hall–Kier alpha value is -1.37. The summed E-state index contributed by atoms with van der Waals surface area (Å²) in [5, 5.41) is 0. The molecule has 144 valence electrons. The van der Waals surface area contributed by atoms with Gasteiger partial charge in [-0.25, -0.2) is 0 Å². The molecule has 2 fully saturated rings. The number of fused-ring (bicyclic) bond motifs is 1. The number of carbonyl (C=O) groups is 1. The molecule has 1 unspecified atom stereocenters. The molecule has 1 aromatic rings. The van der Waals surface area contributed by atoms with E-state index in [1.54, 1.807) is 0 Å². The predicted octanol–water partition coefficient (Wildman–Crippen LogP) is 3.15. The molecule has 2 aliphatic rings. The fourth-order valence-electron chi connectivity index (χ4n) is 4.75. The zero-order valence-corrected chi connectivity index (χ0v) is 15.6. The highest BCUT2D eigenvalue weighted by Crippen LogP contribution is 2.58. The number of halogens is 2. The summed E-state index contributed by atoms with van der Waals surface area (Å²) < 4.78 is 39.3. The van der Waals surface area contributed by atoms with Crippen molar-refractivity contribution in [1.29, 1.82) is 0 Å². The Balaban J connectivity index is 2.09. The summed E-state index contributed by atoms with van der Waals surface area (Å²) in [6.45, 7) is 4.01. The van der Waals surface area contributed by atoms with E-state index in [9.17, 15) is 27.9 Å². The molecule has 0 radical (unpaired) electrons. The van der Waals surface area contributed by atoms with Crippen LogP contribution in [0.25, 0.3) is 0 Å². The van der Waals surface area contributed by atoms with Gasteiger partial charge in [0.05, 0.1) is 6.04 Å². The lowest BCUT2D eigenvalue weighted by atomic mass is 9.72. The van der Waals surface area contributed by atoms with Crippen molar-refractivity contribution >= 4 is 13.5 Å². The predicted molar refractivity (Wildman–Crippen MR) is 90.2 cm³/mol. The molecule has 1 amide bonds. The van der Waals surface area contributed by atoms with Crippen molar-refractivity contribution in [2.24, 2.45) is 5.41 Å². The highest BCUT2D eigenvalue weighted by atomic mass is 31.2. The summed E-state index contributed by atoms with van der Waals surface area (Å²) in [6.07, 6.45) is 2.55. The first-order valence-corrected chi connectivity index (χ1v) is 10.5. The Morgan fingerprint density at radius 1 is 1.27 bits per heavy atom. The topological polar surface area (TPSA) is 90.7 Å². The number of rotatable bonds is 4. The molecule has 3 rings (SSSR count). The van der Waals surface area contributed by atoms with E-state index in [2.05, 4.69) is 4.98 Å². The summed E-state index contributed by atoms with van der Waals surface area (Å²) in [5.41, 5.74) is -1.57. The SMILES string of the molecule is CCC1(CC)C[C@@H](c2ccc(F)nc2F)N2C(=O)C(P(=O)(O)O)CC[C@@H]21. The van der Waals surface area contributed by atoms with E-state index in [4.69, 9.17) is 0 Å². The summed E-state index contributed by atoms with van der Waals surface area (Å²) in [5.74, 6) is -2.58. The first-order valence-electron chi connectivity index (χ1n) is 8.84. The lowest BCUT2D eigenvalue weighted by molar-refractivity contribution is -0.138. The van der Waals surface area contributed by atoms with Gasteiger partial charge in [0.1, 0.15) is 5.66 Å². The van der Waals surface area contributed by atoms with E-state index in [1.807, 2.05) is 13.8 Å². The van der Waals surface area contributed by atoms with Crippen molar-refractivity contribution < 1.29 is 27.9 Å². The fourth-order valence-corrected chi connectivity index (χ4v) is 5.66. The van der Waals surface area contributed by atoms with Gasteiger partial charge in [0, 0.05) is 11.6 Å². The van der Waals surface area contributed by atoms with Gasteiger partial charge < -0.3 is 14.7 Å². The molecule has 3 heterocycles. The second kappa shape index (κ2) is 6.66. The highest BCUT2D eigenvalue weighted by Gasteiger charge is 2.57. The normalized spacial score (nSPS) is 28.3. The molecule has 2 N–H and O–H groups in total. The Morgan fingerprint density at radius 3 is 2.46 bits per heavy atom. The van der Waals surface area contributed by atoms with E-state index in [-0.39, 0.29) is 23.4 Å². The van der Waals surface area contributed by atoms with E-state index in [0.717, 1.165) is 18.9 Å². The quantitative estimate of drug-likeness (QED) is 0.611. The number of nitrogens with zero attached hydrogens (tertiary/aromatic N) is 2. The minimum absolute atomic E-state index is 0.0971. The third-order valence-electron chi connectivity index (χ3n) is 6.25. The number of amides is 1. The van der Waals surface area contributed by atoms with Crippen molar-refractivity contribution in [2.75, 3.05) is 0 Å². The Kier molecular flexibility index (Phi) is 4.97. The van der Waals surface area contributed by atoms with E-state index in [1.165, 1.54) is 11.0 Å². The van der Waals surface area contributed by atoms with Gasteiger partial charge in [0.25, 0.3) is 0 Å². The molecule has 3 atom stereocenters. The average Bonchev–Trinajstić information content (AvgIpc) is 2.90. The summed E-state index contributed by atoms with van der Waals surface area (Å²) in [6, 6.07) is 1.40. The van der Waals surface area contributed by atoms with Gasteiger partial charge in [-0.1, -0.05) is 13.8 Å². The van der Waals surface area contributed by atoms with Gasteiger partial charge in [-0.2, -0.15) is 13.8 Å².